The van der Waals surface area contributed by atoms with Gasteiger partial charge >= 0.3 is 5.97 Å². The highest BCUT2D eigenvalue weighted by Crippen LogP contribution is 2.11. The van der Waals surface area contributed by atoms with Gasteiger partial charge in [-0.3, -0.25) is 9.59 Å². The summed E-state index contributed by atoms with van der Waals surface area (Å²) >= 11 is 0. The molecule has 0 radical (unpaired) electrons. The molecule has 164 valence electrons. The highest BCUT2D eigenvalue weighted by atomic mass is 16.4. The van der Waals surface area contributed by atoms with E-state index in [4.69, 9.17) is 5.11 Å². The molecule has 0 saturated carbocycles. The van der Waals surface area contributed by atoms with Crippen LogP contribution in [0.1, 0.15) is 46.0 Å². The van der Waals surface area contributed by atoms with Crippen molar-refractivity contribution in [2.45, 2.75) is 38.6 Å². The quantitative estimate of drug-likeness (QED) is 0.259. The Morgan fingerprint density at radius 3 is 2.32 bits per heavy atom. The zero-order chi connectivity index (χ0) is 21.9. The average molecular weight is 425 g/mol. The smallest absolute Gasteiger partial charge is 0.303 e. The van der Waals surface area contributed by atoms with Crippen LogP contribution in [0.15, 0.2) is 37.2 Å². The molecule has 0 aromatic carbocycles. The van der Waals surface area contributed by atoms with E-state index in [0.29, 0.717) is 38.0 Å². The molecule has 1 amide bonds. The summed E-state index contributed by atoms with van der Waals surface area (Å²) in [5.41, 5.74) is 3.97. The number of carbonyl (C=O) groups is 2. The number of carbonyl (C=O) groups excluding carboxylic acids is 1. The van der Waals surface area contributed by atoms with Gasteiger partial charge in [-0.15, -0.1) is 0 Å². The van der Waals surface area contributed by atoms with Gasteiger partial charge in [-0.25, -0.2) is 15.0 Å². The van der Waals surface area contributed by atoms with Crippen molar-refractivity contribution in [3.63, 3.8) is 0 Å². The Hall–Kier alpha value is -3.53. The number of carboxylic acid groups (broad SMARTS) is 1. The number of pyridine rings is 1. The van der Waals surface area contributed by atoms with Crippen LogP contribution in [0.3, 0.4) is 0 Å². The van der Waals surface area contributed by atoms with Crippen LogP contribution in [0.2, 0.25) is 0 Å². The largest absolute Gasteiger partial charge is 0.481 e. The number of imidazole rings is 2. The van der Waals surface area contributed by atoms with Crippen LogP contribution in [-0.4, -0.2) is 55.0 Å². The number of aliphatic carboxylic acids is 1. The summed E-state index contributed by atoms with van der Waals surface area (Å²) in [6.45, 7) is 1.71. The Kier molecular flexibility index (Phi) is 8.29. The number of aryl methyl sites for hydroxylation is 1. The predicted octanol–water partition coefficient (Wildman–Crippen LogP) is 1.24. The van der Waals surface area contributed by atoms with E-state index in [1.807, 2.05) is 6.07 Å². The molecule has 5 N–H and O–H groups in total. The second kappa shape index (κ2) is 11.6. The van der Waals surface area contributed by atoms with Crippen molar-refractivity contribution in [2.24, 2.45) is 0 Å². The minimum atomic E-state index is -0.827. The van der Waals surface area contributed by atoms with Crippen molar-refractivity contribution in [1.82, 2.24) is 35.6 Å². The number of aromatic nitrogens is 5. The number of amides is 1. The highest BCUT2D eigenvalue weighted by molar-refractivity contribution is 5.92. The van der Waals surface area contributed by atoms with Gasteiger partial charge in [0.05, 0.1) is 18.3 Å². The summed E-state index contributed by atoms with van der Waals surface area (Å²) < 4.78 is 0. The van der Waals surface area contributed by atoms with Gasteiger partial charge < -0.3 is 25.7 Å². The minimum absolute atomic E-state index is 0.0891. The molecule has 0 fully saturated rings. The molecule has 0 bridgehead atoms. The number of carboxylic acids is 1. The summed E-state index contributed by atoms with van der Waals surface area (Å²) in [4.78, 5) is 41.9. The lowest BCUT2D eigenvalue weighted by Crippen LogP contribution is -2.27. The Morgan fingerprint density at radius 1 is 0.968 bits per heavy atom. The maximum Gasteiger partial charge on any atom is 0.303 e. The maximum absolute atomic E-state index is 12.6. The molecular weight excluding hydrogens is 398 g/mol. The van der Waals surface area contributed by atoms with Gasteiger partial charge in [-0.1, -0.05) is 0 Å². The number of H-pyrrole nitrogens is 2. The molecule has 3 aromatic heterocycles. The van der Waals surface area contributed by atoms with Crippen molar-refractivity contribution < 1.29 is 14.7 Å². The summed E-state index contributed by atoms with van der Waals surface area (Å²) in [5, 5.41) is 15.1. The number of nitrogens with zero attached hydrogens (tertiary/aromatic N) is 3. The van der Waals surface area contributed by atoms with Crippen LogP contribution in [0.4, 0.5) is 0 Å². The third-order valence-corrected chi connectivity index (χ3v) is 4.69. The van der Waals surface area contributed by atoms with Crippen LogP contribution in [-0.2, 0) is 30.6 Å². The second-order valence-corrected chi connectivity index (χ2v) is 7.19. The van der Waals surface area contributed by atoms with E-state index in [2.05, 4.69) is 35.6 Å². The topological polar surface area (TPSA) is 149 Å². The lowest BCUT2D eigenvalue weighted by Gasteiger charge is -2.10. The first-order valence-corrected chi connectivity index (χ1v) is 10.2. The fourth-order valence-corrected chi connectivity index (χ4v) is 3.13. The van der Waals surface area contributed by atoms with Gasteiger partial charge in [0.25, 0.3) is 5.91 Å². The molecule has 10 nitrogen and oxygen atoms in total. The molecule has 0 aliphatic rings. The fraction of sp³-hybridized carbons (Fsp3) is 0.381. The molecule has 0 unspecified atom stereocenters. The van der Waals surface area contributed by atoms with Crippen LogP contribution >= 0.6 is 0 Å². The lowest BCUT2D eigenvalue weighted by molar-refractivity contribution is -0.137. The highest BCUT2D eigenvalue weighted by Gasteiger charge is 2.11. The third kappa shape index (κ3) is 7.67. The molecule has 3 aromatic rings. The van der Waals surface area contributed by atoms with E-state index >= 15 is 0 Å². The number of hydrogen-bond acceptors (Lipinski definition) is 6. The van der Waals surface area contributed by atoms with Crippen LogP contribution in [0.5, 0.6) is 0 Å². The average Bonchev–Trinajstić information content (AvgIpc) is 3.45. The van der Waals surface area contributed by atoms with Crippen molar-refractivity contribution in [1.29, 1.82) is 0 Å². The molecule has 0 aliphatic heterocycles. The molecule has 0 aliphatic carbocycles. The van der Waals surface area contributed by atoms with Crippen LogP contribution < -0.4 is 10.6 Å². The summed E-state index contributed by atoms with van der Waals surface area (Å²) in [6, 6.07) is 3.66. The van der Waals surface area contributed by atoms with Gasteiger partial charge in [-0.05, 0) is 30.5 Å². The Bertz CT molecular complexity index is 956. The van der Waals surface area contributed by atoms with Gasteiger partial charge in [0.1, 0.15) is 5.69 Å². The third-order valence-electron chi connectivity index (χ3n) is 4.69. The van der Waals surface area contributed by atoms with Crippen molar-refractivity contribution in [2.75, 3.05) is 13.1 Å². The summed E-state index contributed by atoms with van der Waals surface area (Å²) in [5.74, 6) is -1.08. The lowest BCUT2D eigenvalue weighted by atomic mass is 10.1. The molecule has 0 saturated heterocycles. The molecule has 0 spiro atoms. The fourth-order valence-electron chi connectivity index (χ4n) is 3.13. The maximum atomic E-state index is 12.6. The first-order chi connectivity index (χ1) is 15.1. The summed E-state index contributed by atoms with van der Waals surface area (Å²) in [7, 11) is 0. The number of hydrogen-bond donors (Lipinski definition) is 5. The van der Waals surface area contributed by atoms with E-state index < -0.39 is 5.97 Å². The standard InChI is InChI=1S/C21H27N7O3/c29-20(30)3-1-2-15-8-18(12-22-6-4-16-10-23-13-26-16)28-19(9-15)21(31)25-7-5-17-11-24-14-27-17/h8-11,13-14,22H,1-7,12H2,(H,23,26)(H,24,27)(H,25,31)(H,29,30). The zero-order valence-electron chi connectivity index (χ0n) is 17.2. The monoisotopic (exact) mass is 425 g/mol. The number of rotatable bonds is 13. The van der Waals surface area contributed by atoms with E-state index in [-0.39, 0.29) is 12.3 Å². The predicted molar refractivity (Wildman–Crippen MR) is 113 cm³/mol. The van der Waals surface area contributed by atoms with Crippen molar-refractivity contribution in [3.8, 4) is 0 Å². The molecule has 3 rings (SSSR count). The first-order valence-electron chi connectivity index (χ1n) is 10.2. The molecule has 0 atom stereocenters. The normalized spacial score (nSPS) is 10.8. The van der Waals surface area contributed by atoms with Gasteiger partial charge in [0, 0.05) is 62.7 Å². The Morgan fingerprint density at radius 2 is 1.68 bits per heavy atom. The SMILES string of the molecule is O=C(O)CCCc1cc(CNCCc2cnc[nH]2)nc(C(=O)NCCc2cnc[nH]2)c1. The molecule has 31 heavy (non-hydrogen) atoms. The molecule has 10 heteroatoms. The van der Waals surface area contributed by atoms with E-state index in [1.54, 1.807) is 31.1 Å². The number of nitrogens with one attached hydrogen (secondary N) is 4. The van der Waals surface area contributed by atoms with E-state index in [9.17, 15) is 9.59 Å². The minimum Gasteiger partial charge on any atom is -0.481 e. The Balaban J connectivity index is 1.58. The summed E-state index contributed by atoms with van der Waals surface area (Å²) in [6.07, 6.45) is 9.38. The van der Waals surface area contributed by atoms with E-state index in [0.717, 1.165) is 35.6 Å². The van der Waals surface area contributed by atoms with Gasteiger partial charge in [-0.2, -0.15) is 0 Å². The van der Waals surface area contributed by atoms with Crippen molar-refractivity contribution >= 4 is 11.9 Å². The number of aromatic amines is 2. The second-order valence-electron chi connectivity index (χ2n) is 7.19. The van der Waals surface area contributed by atoms with E-state index in [1.165, 1.54) is 0 Å². The van der Waals surface area contributed by atoms with Crippen LogP contribution in [0, 0.1) is 0 Å². The first kappa shape index (κ1) is 22.2. The van der Waals surface area contributed by atoms with Crippen molar-refractivity contribution in [3.05, 3.63) is 65.5 Å². The van der Waals surface area contributed by atoms with Gasteiger partial charge in [0.2, 0.25) is 0 Å². The molecular formula is C21H27N7O3. The molecule has 3 heterocycles. The zero-order valence-corrected chi connectivity index (χ0v) is 17.2. The Labute approximate surface area is 179 Å². The van der Waals surface area contributed by atoms with Crippen LogP contribution in [0.25, 0.3) is 0 Å². The van der Waals surface area contributed by atoms with Gasteiger partial charge in [0.15, 0.2) is 0 Å².